The fraction of sp³-hybridized carbons (Fsp3) is 0.250. The van der Waals surface area contributed by atoms with E-state index in [4.69, 9.17) is 14.2 Å². The Bertz CT molecular complexity index is 1310. The zero-order chi connectivity index (χ0) is 26.5. The van der Waals surface area contributed by atoms with E-state index in [2.05, 4.69) is 22.6 Å². The van der Waals surface area contributed by atoms with E-state index in [1.807, 2.05) is 24.3 Å². The van der Waals surface area contributed by atoms with Crippen LogP contribution in [0.25, 0.3) is 0 Å². The number of imide groups is 1. The lowest BCUT2D eigenvalue weighted by atomic mass is 10.1. The van der Waals surface area contributed by atoms with Crippen molar-refractivity contribution in [2.24, 2.45) is 0 Å². The van der Waals surface area contributed by atoms with Crippen molar-refractivity contribution in [2.75, 3.05) is 32.8 Å². The molecule has 4 rings (SSSR count). The van der Waals surface area contributed by atoms with Crippen LogP contribution in [0.1, 0.15) is 22.3 Å². The van der Waals surface area contributed by atoms with Crippen molar-refractivity contribution in [1.29, 1.82) is 0 Å². The summed E-state index contributed by atoms with van der Waals surface area (Å²) >= 11 is 2.16. The summed E-state index contributed by atoms with van der Waals surface area (Å²) < 4.78 is 17.0. The van der Waals surface area contributed by atoms with Gasteiger partial charge in [0.1, 0.15) is 11.8 Å². The van der Waals surface area contributed by atoms with Gasteiger partial charge >= 0.3 is 0 Å². The summed E-state index contributed by atoms with van der Waals surface area (Å²) in [5, 5.41) is 0. The van der Waals surface area contributed by atoms with Gasteiger partial charge in [0.25, 0.3) is 11.8 Å². The van der Waals surface area contributed by atoms with Gasteiger partial charge in [-0.15, -0.1) is 0 Å². The average Bonchev–Trinajstić information content (AvgIpc) is 3.22. The van der Waals surface area contributed by atoms with Crippen LogP contribution in [0.15, 0.2) is 66.7 Å². The van der Waals surface area contributed by atoms with E-state index in [-0.39, 0.29) is 24.8 Å². The van der Waals surface area contributed by atoms with Crippen LogP contribution < -0.4 is 19.1 Å². The predicted octanol–water partition coefficient (Wildman–Crippen LogP) is 4.33. The van der Waals surface area contributed by atoms with Gasteiger partial charge in [-0.1, -0.05) is 12.1 Å². The van der Waals surface area contributed by atoms with Crippen molar-refractivity contribution in [3.05, 3.63) is 81.4 Å². The second-order valence-corrected chi connectivity index (χ2v) is 9.68. The largest absolute Gasteiger partial charge is 0.497 e. The summed E-state index contributed by atoms with van der Waals surface area (Å²) in [5.74, 6) is 0.582. The van der Waals surface area contributed by atoms with Crippen LogP contribution in [0.4, 0.5) is 5.69 Å². The molecule has 1 aliphatic heterocycles. The Labute approximate surface area is 229 Å². The van der Waals surface area contributed by atoms with Gasteiger partial charge in [-0.05, 0) is 89.2 Å². The zero-order valence-electron chi connectivity index (χ0n) is 20.8. The Kier molecular flexibility index (Phi) is 8.32. The third-order valence-corrected chi connectivity index (χ3v) is 6.97. The standard InChI is InChI=1S/C28H27IN2O6/c1-35-22-6-4-5-19(16-22)27(33)30(14-13-18-7-12-24(36-2)25(15-18)37-3)23-17-26(32)31(28(23)34)21-10-8-20(29)9-11-21/h4-12,15-16,23H,13-14,17H2,1-3H3. The molecule has 192 valence electrons. The second-order valence-electron chi connectivity index (χ2n) is 8.43. The highest BCUT2D eigenvalue weighted by Crippen LogP contribution is 2.30. The number of methoxy groups -OCH3 is 3. The number of benzene rings is 3. The van der Waals surface area contributed by atoms with Gasteiger partial charge in [0.2, 0.25) is 5.91 Å². The van der Waals surface area contributed by atoms with E-state index in [0.29, 0.717) is 34.9 Å². The molecule has 3 aromatic carbocycles. The van der Waals surface area contributed by atoms with Gasteiger partial charge in [-0.3, -0.25) is 14.4 Å². The van der Waals surface area contributed by atoms with Crippen LogP contribution in [-0.2, 0) is 16.0 Å². The molecule has 0 spiro atoms. The number of anilines is 1. The smallest absolute Gasteiger partial charge is 0.257 e. The first-order valence-electron chi connectivity index (χ1n) is 11.6. The summed E-state index contributed by atoms with van der Waals surface area (Å²) in [6.45, 7) is 0.218. The summed E-state index contributed by atoms with van der Waals surface area (Å²) in [5.41, 5.74) is 1.76. The lowest BCUT2D eigenvalue weighted by molar-refractivity contribution is -0.122. The molecular weight excluding hydrogens is 587 g/mol. The molecule has 0 saturated carbocycles. The normalized spacial score (nSPS) is 15.0. The fourth-order valence-corrected chi connectivity index (χ4v) is 4.69. The van der Waals surface area contributed by atoms with Crippen LogP contribution in [0.5, 0.6) is 17.2 Å². The molecule has 9 heteroatoms. The highest BCUT2D eigenvalue weighted by atomic mass is 127. The summed E-state index contributed by atoms with van der Waals surface area (Å²) in [6.07, 6.45) is 0.351. The van der Waals surface area contributed by atoms with Crippen LogP contribution in [0.2, 0.25) is 0 Å². The Morgan fingerprint density at radius 2 is 1.68 bits per heavy atom. The van der Waals surface area contributed by atoms with E-state index in [9.17, 15) is 14.4 Å². The lowest BCUT2D eigenvalue weighted by Gasteiger charge is -2.28. The molecule has 1 saturated heterocycles. The van der Waals surface area contributed by atoms with E-state index >= 15 is 0 Å². The number of halogens is 1. The van der Waals surface area contributed by atoms with Crippen LogP contribution >= 0.6 is 22.6 Å². The van der Waals surface area contributed by atoms with E-state index in [1.165, 1.54) is 16.9 Å². The Morgan fingerprint density at radius 3 is 2.35 bits per heavy atom. The second kappa shape index (κ2) is 11.6. The van der Waals surface area contributed by atoms with Gasteiger partial charge < -0.3 is 19.1 Å². The van der Waals surface area contributed by atoms with Crippen LogP contribution in [0.3, 0.4) is 0 Å². The van der Waals surface area contributed by atoms with Crippen molar-refractivity contribution in [1.82, 2.24) is 4.90 Å². The molecule has 1 heterocycles. The maximum Gasteiger partial charge on any atom is 0.257 e. The van der Waals surface area contributed by atoms with Crippen molar-refractivity contribution >= 4 is 46.0 Å². The van der Waals surface area contributed by atoms with Crippen molar-refractivity contribution in [2.45, 2.75) is 18.9 Å². The monoisotopic (exact) mass is 614 g/mol. The molecule has 1 aliphatic rings. The number of hydrogen-bond acceptors (Lipinski definition) is 6. The molecule has 0 N–H and O–H groups in total. The van der Waals surface area contributed by atoms with Gasteiger partial charge in [0.15, 0.2) is 11.5 Å². The molecule has 1 fully saturated rings. The maximum absolute atomic E-state index is 13.7. The van der Waals surface area contributed by atoms with Crippen molar-refractivity contribution < 1.29 is 28.6 Å². The van der Waals surface area contributed by atoms with Crippen LogP contribution in [0, 0.1) is 3.57 Å². The average molecular weight is 614 g/mol. The Balaban J connectivity index is 1.65. The molecule has 1 unspecified atom stereocenters. The van der Waals surface area contributed by atoms with Crippen LogP contribution in [-0.4, -0.2) is 56.5 Å². The van der Waals surface area contributed by atoms with Gasteiger partial charge in [0.05, 0.1) is 33.4 Å². The molecule has 8 nitrogen and oxygen atoms in total. The molecule has 37 heavy (non-hydrogen) atoms. The summed E-state index contributed by atoms with van der Waals surface area (Å²) in [7, 11) is 4.65. The molecule has 0 aromatic heterocycles. The Morgan fingerprint density at radius 1 is 0.946 bits per heavy atom. The predicted molar refractivity (Wildman–Crippen MR) is 147 cm³/mol. The minimum atomic E-state index is -0.925. The number of hydrogen-bond donors (Lipinski definition) is 0. The lowest BCUT2D eigenvalue weighted by Crippen LogP contribution is -2.46. The highest BCUT2D eigenvalue weighted by molar-refractivity contribution is 14.1. The highest BCUT2D eigenvalue weighted by Gasteiger charge is 2.44. The first-order chi connectivity index (χ1) is 17.9. The third kappa shape index (κ3) is 5.71. The minimum absolute atomic E-state index is 0.0908. The number of amides is 3. The van der Waals surface area contributed by atoms with E-state index in [1.54, 1.807) is 56.7 Å². The zero-order valence-corrected chi connectivity index (χ0v) is 22.9. The minimum Gasteiger partial charge on any atom is -0.497 e. The van der Waals surface area contributed by atoms with Crippen molar-refractivity contribution in [3.63, 3.8) is 0 Å². The van der Waals surface area contributed by atoms with E-state index in [0.717, 1.165) is 9.13 Å². The SMILES string of the molecule is COc1cccc(C(=O)N(CCc2ccc(OC)c(OC)c2)C2CC(=O)N(c3ccc(I)cc3)C2=O)c1. The fourth-order valence-electron chi connectivity index (χ4n) is 4.33. The molecule has 3 amide bonds. The quantitative estimate of drug-likeness (QED) is 0.264. The number of carbonyl (C=O) groups is 3. The van der Waals surface area contributed by atoms with Crippen molar-refractivity contribution in [3.8, 4) is 17.2 Å². The van der Waals surface area contributed by atoms with Gasteiger partial charge in [-0.2, -0.15) is 0 Å². The molecule has 1 atom stereocenters. The Hall–Kier alpha value is -3.60. The summed E-state index contributed by atoms with van der Waals surface area (Å²) in [4.78, 5) is 42.9. The molecule has 0 radical (unpaired) electrons. The van der Waals surface area contributed by atoms with E-state index < -0.39 is 11.9 Å². The first-order valence-corrected chi connectivity index (χ1v) is 12.7. The number of rotatable bonds is 9. The number of ether oxygens (including phenoxy) is 3. The topological polar surface area (TPSA) is 85.4 Å². The van der Waals surface area contributed by atoms with Gasteiger partial charge in [-0.25, -0.2) is 4.90 Å². The molecular formula is C28H27IN2O6. The van der Waals surface area contributed by atoms with Gasteiger partial charge in [0, 0.05) is 15.7 Å². The first kappa shape index (κ1) is 26.5. The number of nitrogens with zero attached hydrogens (tertiary/aromatic N) is 2. The number of carbonyl (C=O) groups excluding carboxylic acids is 3. The third-order valence-electron chi connectivity index (χ3n) is 6.25. The summed E-state index contributed by atoms with van der Waals surface area (Å²) in [6, 6.07) is 18.5. The maximum atomic E-state index is 13.7. The molecule has 0 aliphatic carbocycles. The molecule has 3 aromatic rings. The molecule has 0 bridgehead atoms.